The normalized spacial score (nSPS) is 14.1. The van der Waals surface area contributed by atoms with Crippen molar-refractivity contribution < 1.29 is 17.9 Å². The van der Waals surface area contributed by atoms with Gasteiger partial charge in [-0.15, -0.1) is 0 Å². The van der Waals surface area contributed by atoms with E-state index in [1.807, 2.05) is 0 Å². The van der Waals surface area contributed by atoms with Crippen LogP contribution in [-0.2, 0) is 9.84 Å². The Labute approximate surface area is 94.8 Å². The Balaban J connectivity index is 2.90. The first-order valence-electron chi connectivity index (χ1n) is 4.99. The molecule has 0 aliphatic heterocycles. The van der Waals surface area contributed by atoms with Crippen molar-refractivity contribution in [2.75, 3.05) is 5.75 Å². The second-order valence-electron chi connectivity index (χ2n) is 4.05. The quantitative estimate of drug-likeness (QED) is 0.821. The molecule has 1 unspecified atom stereocenters. The molecule has 1 aromatic carbocycles. The van der Waals surface area contributed by atoms with E-state index in [2.05, 4.69) is 0 Å². The summed E-state index contributed by atoms with van der Waals surface area (Å²) >= 11 is 0. The highest BCUT2D eigenvalue weighted by Crippen LogP contribution is 2.15. The number of aliphatic hydroxyl groups is 1. The van der Waals surface area contributed by atoms with Crippen LogP contribution >= 0.6 is 0 Å². The summed E-state index contributed by atoms with van der Waals surface area (Å²) in [6.07, 6.45) is -0.907. The summed E-state index contributed by atoms with van der Waals surface area (Å²) in [5.41, 5.74) is 0. The third-order valence-electron chi connectivity index (χ3n) is 2.33. The van der Waals surface area contributed by atoms with Gasteiger partial charge in [-0.1, -0.05) is 13.8 Å². The predicted octanol–water partition coefficient (Wildman–Crippen LogP) is 1.62. The van der Waals surface area contributed by atoms with Crippen molar-refractivity contribution in [2.45, 2.75) is 24.8 Å². The maximum absolute atomic E-state index is 12.6. The van der Waals surface area contributed by atoms with Crippen molar-refractivity contribution in [3.05, 3.63) is 30.1 Å². The molecule has 0 fully saturated rings. The fourth-order valence-corrected chi connectivity index (χ4v) is 2.73. The van der Waals surface area contributed by atoms with Crippen molar-refractivity contribution in [1.82, 2.24) is 0 Å². The molecule has 1 rings (SSSR count). The first kappa shape index (κ1) is 13.1. The van der Waals surface area contributed by atoms with Gasteiger partial charge in [-0.05, 0) is 30.2 Å². The van der Waals surface area contributed by atoms with E-state index in [4.69, 9.17) is 0 Å². The summed E-state index contributed by atoms with van der Waals surface area (Å²) in [5.74, 6) is -0.949. The number of hydrogen-bond acceptors (Lipinski definition) is 3. The van der Waals surface area contributed by atoms with E-state index < -0.39 is 21.8 Å². The number of aliphatic hydroxyl groups excluding tert-OH is 1. The number of hydrogen-bond donors (Lipinski definition) is 1. The van der Waals surface area contributed by atoms with Crippen molar-refractivity contribution in [3.63, 3.8) is 0 Å². The Bertz CT molecular complexity index is 437. The van der Waals surface area contributed by atoms with Gasteiger partial charge in [0.1, 0.15) is 5.82 Å². The fraction of sp³-hybridized carbons (Fsp3) is 0.455. The molecule has 1 N–H and O–H groups in total. The maximum Gasteiger partial charge on any atom is 0.180 e. The van der Waals surface area contributed by atoms with Gasteiger partial charge in [0.25, 0.3) is 0 Å². The number of benzene rings is 1. The van der Waals surface area contributed by atoms with Gasteiger partial charge in [-0.2, -0.15) is 0 Å². The van der Waals surface area contributed by atoms with Gasteiger partial charge in [0, 0.05) is 0 Å². The average molecular weight is 246 g/mol. The molecular formula is C11H15FO3S. The average Bonchev–Trinajstić information content (AvgIpc) is 2.17. The minimum absolute atomic E-state index is 0.0357. The van der Waals surface area contributed by atoms with Crippen molar-refractivity contribution >= 4 is 9.84 Å². The summed E-state index contributed by atoms with van der Waals surface area (Å²) in [7, 11) is -3.54. The number of halogens is 1. The van der Waals surface area contributed by atoms with Crippen LogP contribution in [0, 0.1) is 11.7 Å². The Morgan fingerprint density at radius 2 is 1.75 bits per heavy atom. The lowest BCUT2D eigenvalue weighted by molar-refractivity contribution is 0.147. The van der Waals surface area contributed by atoms with Crippen LogP contribution in [0.5, 0.6) is 0 Å². The fourth-order valence-electron chi connectivity index (χ4n) is 1.16. The first-order valence-corrected chi connectivity index (χ1v) is 6.64. The van der Waals surface area contributed by atoms with Crippen molar-refractivity contribution in [3.8, 4) is 0 Å². The minimum atomic E-state index is -3.54. The van der Waals surface area contributed by atoms with E-state index >= 15 is 0 Å². The molecule has 0 aliphatic carbocycles. The molecule has 0 bridgehead atoms. The molecule has 0 aliphatic rings. The van der Waals surface area contributed by atoms with Crippen LogP contribution in [0.1, 0.15) is 13.8 Å². The van der Waals surface area contributed by atoms with Crippen LogP contribution in [0.25, 0.3) is 0 Å². The molecule has 0 saturated carbocycles. The molecule has 0 heterocycles. The molecule has 16 heavy (non-hydrogen) atoms. The van der Waals surface area contributed by atoms with Crippen LogP contribution < -0.4 is 0 Å². The molecule has 0 aromatic heterocycles. The summed E-state index contributed by atoms with van der Waals surface area (Å²) in [6, 6.07) is 4.60. The zero-order valence-corrected chi connectivity index (χ0v) is 10.0. The molecule has 5 heteroatoms. The Morgan fingerprint density at radius 3 is 2.19 bits per heavy atom. The maximum atomic E-state index is 12.6. The summed E-state index contributed by atoms with van der Waals surface area (Å²) in [6.45, 7) is 3.48. The molecule has 1 aromatic rings. The summed E-state index contributed by atoms with van der Waals surface area (Å²) in [5, 5.41) is 9.52. The van der Waals surface area contributed by atoms with Crippen LogP contribution in [0.15, 0.2) is 29.2 Å². The lowest BCUT2D eigenvalue weighted by atomic mass is 10.1. The van der Waals surface area contributed by atoms with Crippen molar-refractivity contribution in [2.24, 2.45) is 5.92 Å². The van der Waals surface area contributed by atoms with Gasteiger partial charge >= 0.3 is 0 Å². The van der Waals surface area contributed by atoms with Crippen molar-refractivity contribution in [1.29, 1.82) is 0 Å². The Morgan fingerprint density at radius 1 is 1.25 bits per heavy atom. The van der Waals surface area contributed by atoms with Gasteiger partial charge in [-0.25, -0.2) is 12.8 Å². The van der Waals surface area contributed by atoms with E-state index in [0.717, 1.165) is 12.1 Å². The number of rotatable bonds is 4. The third-order valence-corrected chi connectivity index (χ3v) is 4.10. The van der Waals surface area contributed by atoms with E-state index in [-0.39, 0.29) is 16.6 Å². The Kier molecular flexibility index (Phi) is 4.04. The van der Waals surface area contributed by atoms with Crippen LogP contribution in [-0.4, -0.2) is 25.4 Å². The molecule has 0 spiro atoms. The standard InChI is InChI=1S/C11H15FO3S/c1-8(2)11(13)7-16(14,15)10-5-3-9(12)4-6-10/h3-6,8,11,13H,7H2,1-2H3. The Hall–Kier alpha value is -0.940. The second kappa shape index (κ2) is 4.93. The van der Waals surface area contributed by atoms with Gasteiger partial charge in [0.2, 0.25) is 0 Å². The van der Waals surface area contributed by atoms with Crippen LogP contribution in [0.3, 0.4) is 0 Å². The smallest absolute Gasteiger partial charge is 0.180 e. The summed E-state index contributed by atoms with van der Waals surface area (Å²) < 4.78 is 36.2. The highest BCUT2D eigenvalue weighted by molar-refractivity contribution is 7.91. The van der Waals surface area contributed by atoms with Gasteiger partial charge in [-0.3, -0.25) is 0 Å². The monoisotopic (exact) mass is 246 g/mol. The highest BCUT2D eigenvalue weighted by Gasteiger charge is 2.21. The lowest BCUT2D eigenvalue weighted by Crippen LogP contribution is -2.25. The molecular weight excluding hydrogens is 231 g/mol. The van der Waals surface area contributed by atoms with E-state index in [1.54, 1.807) is 13.8 Å². The molecule has 0 saturated heterocycles. The number of sulfone groups is 1. The summed E-state index contributed by atoms with van der Waals surface area (Å²) in [4.78, 5) is 0.0357. The van der Waals surface area contributed by atoms with Gasteiger partial charge in [0.15, 0.2) is 9.84 Å². The molecule has 3 nitrogen and oxygen atoms in total. The van der Waals surface area contributed by atoms with Gasteiger partial charge < -0.3 is 5.11 Å². The zero-order valence-electron chi connectivity index (χ0n) is 9.22. The van der Waals surface area contributed by atoms with E-state index in [0.29, 0.717) is 0 Å². The minimum Gasteiger partial charge on any atom is -0.392 e. The van der Waals surface area contributed by atoms with Crippen LogP contribution in [0.4, 0.5) is 4.39 Å². The van der Waals surface area contributed by atoms with E-state index in [1.165, 1.54) is 12.1 Å². The predicted molar refractivity (Wildman–Crippen MR) is 59.3 cm³/mol. The largest absolute Gasteiger partial charge is 0.392 e. The molecule has 90 valence electrons. The molecule has 0 amide bonds. The topological polar surface area (TPSA) is 54.4 Å². The third kappa shape index (κ3) is 3.28. The zero-order chi connectivity index (χ0) is 12.3. The van der Waals surface area contributed by atoms with Gasteiger partial charge in [0.05, 0.1) is 16.8 Å². The molecule has 1 atom stereocenters. The SMILES string of the molecule is CC(C)C(O)CS(=O)(=O)c1ccc(F)cc1. The second-order valence-corrected chi connectivity index (χ2v) is 6.08. The first-order chi connectivity index (χ1) is 7.33. The van der Waals surface area contributed by atoms with Crippen LogP contribution in [0.2, 0.25) is 0 Å². The highest BCUT2D eigenvalue weighted by atomic mass is 32.2. The van der Waals surface area contributed by atoms with E-state index in [9.17, 15) is 17.9 Å². The molecule has 0 radical (unpaired) electrons. The lowest BCUT2D eigenvalue weighted by Gasteiger charge is -2.14.